The predicted octanol–water partition coefficient (Wildman–Crippen LogP) is 6.73. The van der Waals surface area contributed by atoms with Gasteiger partial charge in [0, 0.05) is 23.4 Å². The predicted molar refractivity (Wildman–Crippen MR) is 148 cm³/mol. The van der Waals surface area contributed by atoms with Gasteiger partial charge in [-0.2, -0.15) is 0 Å². The Morgan fingerprint density at radius 1 is 0.973 bits per heavy atom. The first kappa shape index (κ1) is 25.2. The number of benzene rings is 3. The minimum Gasteiger partial charge on any atom is -0.466 e. The first-order valence-corrected chi connectivity index (χ1v) is 14.7. The Kier molecular flexibility index (Phi) is 6.86. The lowest BCUT2D eigenvalue weighted by Gasteiger charge is -2.17. The van der Waals surface area contributed by atoms with Crippen LogP contribution in [0.15, 0.2) is 79.0 Å². The zero-order chi connectivity index (χ0) is 26.2. The topological polar surface area (TPSA) is 73.3 Å². The van der Waals surface area contributed by atoms with E-state index in [0.717, 1.165) is 50.7 Å². The molecular weight excluding hydrogens is 482 g/mol. The lowest BCUT2D eigenvalue weighted by molar-refractivity contribution is -0.144. The number of nitrogens with zero attached hydrogens (tertiary/aromatic N) is 1. The number of carbonyl (C=O) groups is 1. The molecule has 1 aromatic heterocycles. The van der Waals surface area contributed by atoms with E-state index in [1.165, 1.54) is 6.26 Å². The molecular formula is C31H31NO4S. The number of esters is 1. The monoisotopic (exact) mass is 513 g/mol. The molecule has 5 rings (SSSR count). The van der Waals surface area contributed by atoms with E-state index in [9.17, 15) is 13.2 Å². The van der Waals surface area contributed by atoms with Gasteiger partial charge >= 0.3 is 5.97 Å². The Labute approximate surface area is 218 Å². The van der Waals surface area contributed by atoms with E-state index in [1.807, 2.05) is 50.2 Å². The van der Waals surface area contributed by atoms with E-state index in [4.69, 9.17) is 4.74 Å². The first-order valence-electron chi connectivity index (χ1n) is 12.7. The van der Waals surface area contributed by atoms with Gasteiger partial charge in [0.25, 0.3) is 0 Å². The fourth-order valence-corrected chi connectivity index (χ4v) is 6.51. The van der Waals surface area contributed by atoms with Crippen molar-refractivity contribution in [3.05, 3.63) is 90.1 Å². The molecule has 0 aliphatic heterocycles. The summed E-state index contributed by atoms with van der Waals surface area (Å²) in [6.07, 6.45) is 4.42. The van der Waals surface area contributed by atoms with E-state index in [1.54, 1.807) is 6.20 Å². The number of aromatic nitrogens is 1. The second-order valence-corrected chi connectivity index (χ2v) is 12.0. The maximum Gasteiger partial charge on any atom is 0.309 e. The second kappa shape index (κ2) is 10.1. The number of hydrogen-bond donors (Lipinski definition) is 0. The number of ether oxygens (including phenoxy) is 1. The van der Waals surface area contributed by atoms with Gasteiger partial charge in [0.15, 0.2) is 9.84 Å². The smallest absolute Gasteiger partial charge is 0.309 e. The van der Waals surface area contributed by atoms with Crippen LogP contribution >= 0.6 is 0 Å². The highest BCUT2D eigenvalue weighted by Crippen LogP contribution is 2.48. The lowest BCUT2D eigenvalue weighted by atomic mass is 9.94. The number of hydrogen-bond acceptors (Lipinski definition) is 5. The standard InChI is InChI=1S/C31H31NO4S/c1-4-29(37(3,34)35)25-17-24-10-7-15-32-30(24)27(18-25)23-9-6-8-22(16-23)20-11-13-21(14-12-20)26-19-28(26)31(33)36-5-2/h6-18,26,28-29H,4-5,19H2,1-3H3. The van der Waals surface area contributed by atoms with Gasteiger partial charge in [-0.15, -0.1) is 0 Å². The third kappa shape index (κ3) is 5.16. The molecule has 4 aromatic rings. The van der Waals surface area contributed by atoms with Crippen LogP contribution in [0.2, 0.25) is 0 Å². The molecule has 1 saturated carbocycles. The van der Waals surface area contributed by atoms with Crippen LogP contribution in [0.3, 0.4) is 0 Å². The van der Waals surface area contributed by atoms with Gasteiger partial charge in [-0.3, -0.25) is 9.78 Å². The van der Waals surface area contributed by atoms with E-state index in [0.29, 0.717) is 13.0 Å². The highest BCUT2D eigenvalue weighted by molar-refractivity contribution is 7.90. The maximum absolute atomic E-state index is 12.5. The van der Waals surface area contributed by atoms with Crippen molar-refractivity contribution in [3.8, 4) is 22.3 Å². The molecule has 0 amide bonds. The van der Waals surface area contributed by atoms with Crippen LogP contribution in [0.4, 0.5) is 0 Å². The summed E-state index contributed by atoms with van der Waals surface area (Å²) in [4.78, 5) is 16.7. The third-order valence-electron chi connectivity index (χ3n) is 7.21. The summed E-state index contributed by atoms with van der Waals surface area (Å²) in [5.41, 5.74) is 6.84. The number of rotatable bonds is 8. The van der Waals surface area contributed by atoms with Crippen molar-refractivity contribution in [2.45, 2.75) is 37.9 Å². The van der Waals surface area contributed by atoms with Gasteiger partial charge in [0.2, 0.25) is 0 Å². The highest BCUT2D eigenvalue weighted by Gasteiger charge is 2.45. The van der Waals surface area contributed by atoms with Crippen molar-refractivity contribution in [1.82, 2.24) is 4.98 Å². The van der Waals surface area contributed by atoms with E-state index >= 15 is 0 Å². The molecule has 0 bridgehead atoms. The Morgan fingerprint density at radius 3 is 2.43 bits per heavy atom. The molecule has 6 heteroatoms. The maximum atomic E-state index is 12.5. The zero-order valence-electron chi connectivity index (χ0n) is 21.3. The number of fused-ring (bicyclic) bond motifs is 1. The Morgan fingerprint density at radius 2 is 1.73 bits per heavy atom. The average Bonchev–Trinajstić information content (AvgIpc) is 3.69. The van der Waals surface area contributed by atoms with Crippen LogP contribution in [0.5, 0.6) is 0 Å². The molecule has 1 heterocycles. The molecule has 0 radical (unpaired) electrons. The van der Waals surface area contributed by atoms with Gasteiger partial charge in [0.05, 0.1) is 23.3 Å². The summed E-state index contributed by atoms with van der Waals surface area (Å²) >= 11 is 0. The summed E-state index contributed by atoms with van der Waals surface area (Å²) in [6.45, 7) is 4.15. The number of pyridine rings is 1. The van der Waals surface area contributed by atoms with Gasteiger partial charge < -0.3 is 4.74 Å². The third-order valence-corrected chi connectivity index (χ3v) is 8.85. The van der Waals surface area contributed by atoms with Crippen LogP contribution in [0.25, 0.3) is 33.2 Å². The molecule has 3 aromatic carbocycles. The van der Waals surface area contributed by atoms with Gasteiger partial charge in [-0.05, 0) is 77.8 Å². The highest BCUT2D eigenvalue weighted by atomic mass is 32.2. The second-order valence-electron chi connectivity index (χ2n) is 9.77. The SMILES string of the molecule is CCOC(=O)C1CC1c1ccc(-c2cccc(-c3cc(C(CC)S(C)(=O)=O)cc4cccnc34)c2)cc1. The fraction of sp³-hybridized carbons (Fsp3) is 0.290. The summed E-state index contributed by atoms with van der Waals surface area (Å²) in [6, 6.07) is 24.4. The summed E-state index contributed by atoms with van der Waals surface area (Å²) < 4.78 is 30.2. The van der Waals surface area contributed by atoms with Crippen molar-refractivity contribution in [2.75, 3.05) is 12.9 Å². The molecule has 0 N–H and O–H groups in total. The number of sulfone groups is 1. The first-order chi connectivity index (χ1) is 17.8. The number of carbonyl (C=O) groups excluding carboxylic acids is 1. The van der Waals surface area contributed by atoms with Crippen LogP contribution in [-0.4, -0.2) is 32.2 Å². The summed E-state index contributed by atoms with van der Waals surface area (Å²) in [5, 5.41) is 0.361. The molecule has 1 aliphatic rings. The molecule has 5 nitrogen and oxygen atoms in total. The molecule has 3 atom stereocenters. The molecule has 1 aliphatic carbocycles. The van der Waals surface area contributed by atoms with Crippen molar-refractivity contribution in [3.63, 3.8) is 0 Å². The van der Waals surface area contributed by atoms with Gasteiger partial charge in [-0.1, -0.05) is 55.5 Å². The van der Waals surface area contributed by atoms with Gasteiger partial charge in [0.1, 0.15) is 0 Å². The molecule has 1 fully saturated rings. The molecule has 37 heavy (non-hydrogen) atoms. The Balaban J connectivity index is 1.50. The molecule has 190 valence electrons. The van der Waals surface area contributed by atoms with Crippen molar-refractivity contribution in [1.29, 1.82) is 0 Å². The van der Waals surface area contributed by atoms with E-state index < -0.39 is 15.1 Å². The minimum atomic E-state index is -3.25. The summed E-state index contributed by atoms with van der Waals surface area (Å²) in [5.74, 6) is 0.107. The van der Waals surface area contributed by atoms with Gasteiger partial charge in [-0.25, -0.2) is 8.42 Å². The Bertz CT molecular complexity index is 1560. The fourth-order valence-electron chi connectivity index (χ4n) is 5.27. The quantitative estimate of drug-likeness (QED) is 0.244. The van der Waals surface area contributed by atoms with E-state index in [-0.39, 0.29) is 17.8 Å². The van der Waals surface area contributed by atoms with Crippen molar-refractivity contribution < 1.29 is 17.9 Å². The van der Waals surface area contributed by atoms with E-state index in [2.05, 4.69) is 41.4 Å². The normalized spacial score (nSPS) is 17.9. The van der Waals surface area contributed by atoms with Crippen LogP contribution < -0.4 is 0 Å². The Hall–Kier alpha value is -3.51. The molecule has 0 spiro atoms. The van der Waals surface area contributed by atoms with Crippen molar-refractivity contribution in [2.24, 2.45) is 5.92 Å². The molecule has 3 unspecified atom stereocenters. The van der Waals surface area contributed by atoms with Crippen LogP contribution in [0, 0.1) is 5.92 Å². The van der Waals surface area contributed by atoms with Crippen LogP contribution in [-0.2, 0) is 19.4 Å². The molecule has 0 saturated heterocycles. The minimum absolute atomic E-state index is 0.0268. The van der Waals surface area contributed by atoms with Crippen LogP contribution in [0.1, 0.15) is 49.0 Å². The lowest BCUT2D eigenvalue weighted by Crippen LogP contribution is -2.10. The van der Waals surface area contributed by atoms with Crippen molar-refractivity contribution >= 4 is 26.7 Å². The largest absolute Gasteiger partial charge is 0.466 e. The average molecular weight is 514 g/mol. The summed E-state index contributed by atoms with van der Waals surface area (Å²) in [7, 11) is -3.25. The zero-order valence-corrected chi connectivity index (χ0v) is 22.2.